The molecule has 0 unspecified atom stereocenters. The third-order valence-corrected chi connectivity index (χ3v) is 12.2. The maximum atomic E-state index is 13.4. The molecule has 0 radical (unpaired) electrons. The van der Waals surface area contributed by atoms with Crippen LogP contribution in [0, 0.1) is 0 Å². The highest BCUT2D eigenvalue weighted by atomic mass is 32.2. The van der Waals surface area contributed by atoms with Crippen molar-refractivity contribution in [1.29, 1.82) is 0 Å². The van der Waals surface area contributed by atoms with E-state index in [9.17, 15) is 18.0 Å². The maximum absolute atomic E-state index is 13.4. The molecule has 0 saturated heterocycles. The molecule has 1 heterocycles. The Balaban J connectivity index is 2.65. The van der Waals surface area contributed by atoms with Crippen LogP contribution >= 0.6 is 0 Å². The van der Waals surface area contributed by atoms with Gasteiger partial charge in [-0.2, -0.15) is 4.31 Å². The zero-order valence-electron chi connectivity index (χ0n) is 19.1. The molecule has 0 N–H and O–H groups in total. The van der Waals surface area contributed by atoms with Crippen molar-refractivity contribution in [1.82, 2.24) is 4.31 Å². The van der Waals surface area contributed by atoms with Crippen LogP contribution in [0.5, 0.6) is 0 Å². The first-order chi connectivity index (χ1) is 14.2. The highest BCUT2D eigenvalue weighted by Gasteiger charge is 2.60. The summed E-state index contributed by atoms with van der Waals surface area (Å²) in [5.74, 6) is -1.67. The van der Waals surface area contributed by atoms with E-state index in [2.05, 4.69) is 20.8 Å². The van der Waals surface area contributed by atoms with Gasteiger partial charge >= 0.3 is 11.9 Å². The average molecular weight is 470 g/mol. The topological polar surface area (TPSA) is 99.2 Å². The molecule has 10 heteroatoms. The van der Waals surface area contributed by atoms with Gasteiger partial charge in [-0.15, -0.1) is 0 Å². The van der Waals surface area contributed by atoms with Gasteiger partial charge in [0.15, 0.2) is 0 Å². The standard InChI is InChI=1S/C21H31NO7SSi/c1-20(2,3)31(6,7)29-16-13-14-22(30(25,26)17-11-9-8-10-12-17)21(15-16,18(23)27-4)19(24)28-5/h8-13H,14-15H2,1-7H3. The van der Waals surface area contributed by atoms with E-state index in [1.54, 1.807) is 24.3 Å². The normalized spacial score (nSPS) is 17.5. The lowest BCUT2D eigenvalue weighted by molar-refractivity contribution is -0.169. The predicted octanol–water partition coefficient (Wildman–Crippen LogP) is 3.07. The van der Waals surface area contributed by atoms with E-state index in [4.69, 9.17) is 13.9 Å². The Kier molecular flexibility index (Phi) is 7.09. The molecule has 172 valence electrons. The molecule has 0 bridgehead atoms. The van der Waals surface area contributed by atoms with Crippen LogP contribution in [0.25, 0.3) is 0 Å². The smallest absolute Gasteiger partial charge is 0.339 e. The van der Waals surface area contributed by atoms with Crippen molar-refractivity contribution in [2.75, 3.05) is 20.8 Å². The molecule has 0 amide bonds. The fourth-order valence-corrected chi connectivity index (χ4v) is 5.87. The van der Waals surface area contributed by atoms with Crippen LogP contribution in [0.3, 0.4) is 0 Å². The van der Waals surface area contributed by atoms with Gasteiger partial charge in [-0.05, 0) is 36.3 Å². The Morgan fingerprint density at radius 3 is 2.00 bits per heavy atom. The van der Waals surface area contributed by atoms with E-state index in [1.165, 1.54) is 12.1 Å². The van der Waals surface area contributed by atoms with Crippen molar-refractivity contribution >= 4 is 30.3 Å². The number of benzene rings is 1. The fourth-order valence-electron chi connectivity index (χ4n) is 3.10. The van der Waals surface area contributed by atoms with Gasteiger partial charge in [0.25, 0.3) is 0 Å². The fraction of sp³-hybridized carbons (Fsp3) is 0.524. The van der Waals surface area contributed by atoms with Crippen LogP contribution in [0.2, 0.25) is 18.1 Å². The van der Waals surface area contributed by atoms with Gasteiger partial charge in [-0.1, -0.05) is 39.0 Å². The van der Waals surface area contributed by atoms with E-state index in [-0.39, 0.29) is 22.9 Å². The van der Waals surface area contributed by atoms with Crippen LogP contribution in [0.1, 0.15) is 27.2 Å². The highest BCUT2D eigenvalue weighted by Crippen LogP contribution is 2.42. The quantitative estimate of drug-likeness (QED) is 0.359. The lowest BCUT2D eigenvalue weighted by Crippen LogP contribution is -2.64. The van der Waals surface area contributed by atoms with E-state index in [1.807, 2.05) is 13.1 Å². The number of hydrogen-bond donors (Lipinski definition) is 0. The number of carbonyl (C=O) groups is 2. The number of esters is 2. The van der Waals surface area contributed by atoms with E-state index in [0.29, 0.717) is 5.76 Å². The summed E-state index contributed by atoms with van der Waals surface area (Å²) in [6, 6.07) is 7.61. The molecular weight excluding hydrogens is 438 g/mol. The first-order valence-electron chi connectivity index (χ1n) is 9.87. The largest absolute Gasteiger partial charge is 0.547 e. The molecule has 0 fully saturated rings. The van der Waals surface area contributed by atoms with Gasteiger partial charge in [0.1, 0.15) is 0 Å². The van der Waals surface area contributed by atoms with Gasteiger partial charge < -0.3 is 13.9 Å². The molecule has 8 nitrogen and oxygen atoms in total. The molecule has 1 aliphatic rings. The monoisotopic (exact) mass is 469 g/mol. The third kappa shape index (κ3) is 4.56. The number of methoxy groups -OCH3 is 2. The van der Waals surface area contributed by atoms with Crippen molar-refractivity contribution in [2.24, 2.45) is 0 Å². The number of ether oxygens (including phenoxy) is 2. The highest BCUT2D eigenvalue weighted by molar-refractivity contribution is 7.89. The molecular formula is C21H31NO7SSi. The first kappa shape index (κ1) is 25.1. The Morgan fingerprint density at radius 2 is 1.55 bits per heavy atom. The van der Waals surface area contributed by atoms with Gasteiger partial charge in [-0.25, -0.2) is 18.0 Å². The molecule has 0 aromatic heterocycles. The Bertz CT molecular complexity index is 949. The number of nitrogens with zero attached hydrogens (tertiary/aromatic N) is 1. The van der Waals surface area contributed by atoms with Crippen LogP contribution in [-0.2, 0) is 33.5 Å². The second kappa shape index (κ2) is 8.76. The minimum atomic E-state index is -4.23. The van der Waals surface area contributed by atoms with Crippen LogP contribution in [-0.4, -0.2) is 59.3 Å². The summed E-state index contributed by atoms with van der Waals surface area (Å²) in [7, 11) is -4.34. The Labute approximate surface area is 185 Å². The van der Waals surface area contributed by atoms with E-state index in [0.717, 1.165) is 18.5 Å². The van der Waals surface area contributed by atoms with Gasteiger partial charge in [0.05, 0.1) is 24.9 Å². The summed E-state index contributed by atoms with van der Waals surface area (Å²) in [5, 5.41) is -0.139. The second-order valence-electron chi connectivity index (χ2n) is 8.90. The minimum absolute atomic E-state index is 0.0469. The number of carbonyl (C=O) groups excluding carboxylic acids is 2. The molecule has 0 saturated carbocycles. The first-order valence-corrected chi connectivity index (χ1v) is 14.2. The molecule has 0 atom stereocenters. The Hall–Kier alpha value is -2.17. The number of sulfonamides is 1. The summed E-state index contributed by atoms with van der Waals surface area (Å²) in [6.07, 6.45) is 1.29. The third-order valence-electron chi connectivity index (χ3n) is 5.91. The lowest BCUT2D eigenvalue weighted by atomic mass is 9.91. The number of rotatable bonds is 6. The van der Waals surface area contributed by atoms with Crippen molar-refractivity contribution in [3.8, 4) is 0 Å². The molecule has 1 aromatic carbocycles. The van der Waals surface area contributed by atoms with Crippen LogP contribution < -0.4 is 0 Å². The molecule has 0 aliphatic carbocycles. The van der Waals surface area contributed by atoms with Gasteiger partial charge in [-0.3, -0.25) is 0 Å². The maximum Gasteiger partial charge on any atom is 0.339 e. The van der Waals surface area contributed by atoms with Gasteiger partial charge in [0.2, 0.25) is 23.9 Å². The van der Waals surface area contributed by atoms with Crippen molar-refractivity contribution < 1.29 is 31.9 Å². The summed E-state index contributed by atoms with van der Waals surface area (Å²) in [6.45, 7) is 9.98. The van der Waals surface area contributed by atoms with Crippen molar-refractivity contribution in [3.63, 3.8) is 0 Å². The summed E-state index contributed by atoms with van der Waals surface area (Å²) < 4.78 is 43.9. The molecule has 31 heavy (non-hydrogen) atoms. The number of hydrogen-bond acceptors (Lipinski definition) is 7. The van der Waals surface area contributed by atoms with Crippen LogP contribution in [0.4, 0.5) is 0 Å². The summed E-state index contributed by atoms with van der Waals surface area (Å²) in [4.78, 5) is 25.9. The van der Waals surface area contributed by atoms with Crippen molar-refractivity contribution in [2.45, 2.75) is 55.8 Å². The Morgan fingerprint density at radius 1 is 1.03 bits per heavy atom. The molecule has 2 rings (SSSR count). The van der Waals surface area contributed by atoms with Crippen molar-refractivity contribution in [3.05, 3.63) is 42.2 Å². The molecule has 1 aliphatic heterocycles. The summed E-state index contributed by atoms with van der Waals surface area (Å²) >= 11 is 0. The minimum Gasteiger partial charge on any atom is -0.547 e. The van der Waals surface area contributed by atoms with Crippen LogP contribution in [0.15, 0.2) is 47.1 Å². The van der Waals surface area contributed by atoms with Gasteiger partial charge in [0, 0.05) is 13.0 Å². The van der Waals surface area contributed by atoms with E-state index >= 15 is 0 Å². The molecule has 0 spiro atoms. The second-order valence-corrected chi connectivity index (χ2v) is 15.5. The lowest BCUT2D eigenvalue weighted by Gasteiger charge is -2.43. The summed E-state index contributed by atoms with van der Waals surface area (Å²) in [5.41, 5.74) is -2.23. The SMILES string of the molecule is COC(=O)C1(C(=O)OC)CC(O[Si](C)(C)C(C)(C)C)=CCN1S(=O)(=O)c1ccccc1. The van der Waals surface area contributed by atoms with E-state index < -0.39 is 35.8 Å². The zero-order valence-corrected chi connectivity index (χ0v) is 20.9. The zero-order chi connectivity index (χ0) is 23.7. The molecule has 1 aromatic rings. The average Bonchev–Trinajstić information content (AvgIpc) is 2.71. The predicted molar refractivity (Wildman–Crippen MR) is 118 cm³/mol.